The van der Waals surface area contributed by atoms with E-state index in [2.05, 4.69) is 20.3 Å². The Balaban J connectivity index is 2.10. The van der Waals surface area contributed by atoms with Gasteiger partial charge in [0.2, 0.25) is 0 Å². The molecule has 0 fully saturated rings. The first-order valence-corrected chi connectivity index (χ1v) is 8.74. The lowest BCUT2D eigenvalue weighted by atomic mass is 10.0. The summed E-state index contributed by atoms with van der Waals surface area (Å²) in [5.41, 5.74) is 2.72. The number of pyridine rings is 2. The highest BCUT2D eigenvalue weighted by Gasteiger charge is 2.19. The van der Waals surface area contributed by atoms with E-state index >= 15 is 0 Å². The van der Waals surface area contributed by atoms with Crippen LogP contribution in [-0.2, 0) is 0 Å². The number of rotatable bonds is 4. The molecule has 0 atom stereocenters. The highest BCUT2D eigenvalue weighted by Crippen LogP contribution is 2.28. The normalized spacial score (nSPS) is 10.9. The van der Waals surface area contributed by atoms with Gasteiger partial charge < -0.3 is 10.3 Å². The largest absolute Gasteiger partial charge is 0.355 e. The molecule has 0 saturated carbocycles. The molecule has 0 aliphatic carbocycles. The van der Waals surface area contributed by atoms with Gasteiger partial charge >= 0.3 is 0 Å². The molecule has 2 N–H and O–H groups in total. The Hall–Kier alpha value is -2.80. The van der Waals surface area contributed by atoms with Gasteiger partial charge in [0.15, 0.2) is 0 Å². The number of hydrogen-bond donors (Lipinski definition) is 2. The number of aromatic amines is 1. The second-order valence-electron chi connectivity index (χ2n) is 5.85. The fourth-order valence-electron chi connectivity index (χ4n) is 2.54. The Bertz CT molecular complexity index is 961. The molecule has 1 amide bonds. The Labute approximate surface area is 149 Å². The summed E-state index contributed by atoms with van der Waals surface area (Å²) in [4.78, 5) is 36.1. The van der Waals surface area contributed by atoms with Crippen molar-refractivity contribution in [2.75, 3.05) is 7.05 Å². The van der Waals surface area contributed by atoms with E-state index in [0.717, 1.165) is 10.6 Å². The lowest BCUT2D eigenvalue weighted by molar-refractivity contribution is 0.0961. The molecule has 7 heteroatoms. The lowest BCUT2D eigenvalue weighted by Gasteiger charge is -2.12. The number of nitrogens with one attached hydrogen (secondary N) is 2. The van der Waals surface area contributed by atoms with Crippen LogP contribution in [0.5, 0.6) is 0 Å². The molecule has 3 aromatic rings. The summed E-state index contributed by atoms with van der Waals surface area (Å²) in [5.74, 6) is -0.206. The van der Waals surface area contributed by atoms with E-state index in [1.165, 1.54) is 11.3 Å². The zero-order valence-corrected chi connectivity index (χ0v) is 15.0. The van der Waals surface area contributed by atoms with Gasteiger partial charge in [-0.3, -0.25) is 14.6 Å². The van der Waals surface area contributed by atoms with E-state index in [1.807, 2.05) is 31.4 Å². The molecule has 6 nitrogen and oxygen atoms in total. The number of H-pyrrole nitrogens is 1. The average molecular weight is 354 g/mol. The van der Waals surface area contributed by atoms with Gasteiger partial charge in [-0.15, -0.1) is 11.3 Å². The Morgan fingerprint density at radius 1 is 1.28 bits per heavy atom. The van der Waals surface area contributed by atoms with Crippen molar-refractivity contribution >= 4 is 17.2 Å². The summed E-state index contributed by atoms with van der Waals surface area (Å²) < 4.78 is 0. The van der Waals surface area contributed by atoms with Gasteiger partial charge in [0.25, 0.3) is 11.5 Å². The molecule has 3 aromatic heterocycles. The zero-order chi connectivity index (χ0) is 18.0. The van der Waals surface area contributed by atoms with Gasteiger partial charge in [-0.2, -0.15) is 0 Å². The highest BCUT2D eigenvalue weighted by atomic mass is 32.1. The lowest BCUT2D eigenvalue weighted by Crippen LogP contribution is -2.24. The van der Waals surface area contributed by atoms with Crippen molar-refractivity contribution in [3.63, 3.8) is 0 Å². The van der Waals surface area contributed by atoms with Crippen LogP contribution in [0.3, 0.4) is 0 Å². The van der Waals surface area contributed by atoms with Crippen LogP contribution in [-0.4, -0.2) is 27.9 Å². The maximum absolute atomic E-state index is 12.5. The first kappa shape index (κ1) is 17.0. The third-order valence-corrected chi connectivity index (χ3v) is 4.72. The average Bonchev–Trinajstić information content (AvgIpc) is 3.11. The molecule has 3 rings (SSSR count). The maximum Gasteiger partial charge on any atom is 0.257 e. The molecule has 0 saturated heterocycles. The van der Waals surface area contributed by atoms with Crippen LogP contribution >= 0.6 is 11.3 Å². The topological polar surface area (TPSA) is 87.7 Å². The first-order chi connectivity index (χ1) is 12.0. The number of aromatic nitrogens is 3. The van der Waals surface area contributed by atoms with Crippen molar-refractivity contribution < 1.29 is 4.79 Å². The Morgan fingerprint density at radius 3 is 2.64 bits per heavy atom. The van der Waals surface area contributed by atoms with E-state index in [1.54, 1.807) is 25.5 Å². The molecule has 0 unspecified atom stereocenters. The summed E-state index contributed by atoms with van der Waals surface area (Å²) in [6.07, 6.45) is 3.40. The molecule has 0 spiro atoms. The number of amides is 1. The van der Waals surface area contributed by atoms with Crippen molar-refractivity contribution in [1.82, 2.24) is 20.3 Å². The second-order valence-corrected chi connectivity index (χ2v) is 6.71. The van der Waals surface area contributed by atoms with Crippen molar-refractivity contribution in [3.05, 3.63) is 57.6 Å². The third kappa shape index (κ3) is 3.36. The van der Waals surface area contributed by atoms with E-state index in [0.29, 0.717) is 22.5 Å². The van der Waals surface area contributed by atoms with E-state index in [-0.39, 0.29) is 17.4 Å². The van der Waals surface area contributed by atoms with Crippen LogP contribution in [0.4, 0.5) is 0 Å². The minimum Gasteiger partial charge on any atom is -0.355 e. The minimum absolute atomic E-state index is 0.0249. The summed E-state index contributed by atoms with van der Waals surface area (Å²) in [7, 11) is 1.57. The van der Waals surface area contributed by atoms with Gasteiger partial charge in [0, 0.05) is 36.1 Å². The molecule has 3 heterocycles. The van der Waals surface area contributed by atoms with Gasteiger partial charge in [-0.25, -0.2) is 4.98 Å². The summed E-state index contributed by atoms with van der Waals surface area (Å²) >= 11 is 1.44. The van der Waals surface area contributed by atoms with Crippen LogP contribution in [0.25, 0.3) is 21.8 Å². The van der Waals surface area contributed by atoms with Crippen molar-refractivity contribution in [2.24, 2.45) is 0 Å². The molecule has 0 aliphatic rings. The van der Waals surface area contributed by atoms with Crippen LogP contribution in [0.1, 0.15) is 35.8 Å². The predicted molar refractivity (Wildman–Crippen MR) is 98.9 cm³/mol. The smallest absolute Gasteiger partial charge is 0.257 e. The third-order valence-electron chi connectivity index (χ3n) is 3.83. The first-order valence-electron chi connectivity index (χ1n) is 7.87. The SMILES string of the molecule is CNC(=O)c1cc(-c2csc(-c3ccncc3)n2)c(=O)[nH]c1C(C)C. The van der Waals surface area contributed by atoms with Gasteiger partial charge in [0.05, 0.1) is 16.8 Å². The summed E-state index contributed by atoms with van der Waals surface area (Å²) in [6, 6.07) is 5.35. The Kier molecular flexibility index (Phi) is 4.76. The van der Waals surface area contributed by atoms with E-state index in [4.69, 9.17) is 0 Å². The molecule has 128 valence electrons. The number of carbonyl (C=O) groups is 1. The Morgan fingerprint density at radius 2 is 2.00 bits per heavy atom. The highest BCUT2D eigenvalue weighted by molar-refractivity contribution is 7.13. The zero-order valence-electron chi connectivity index (χ0n) is 14.2. The quantitative estimate of drug-likeness (QED) is 0.754. The number of nitrogens with zero attached hydrogens (tertiary/aromatic N) is 2. The van der Waals surface area contributed by atoms with Crippen LogP contribution in [0.2, 0.25) is 0 Å². The summed E-state index contributed by atoms with van der Waals surface area (Å²) in [5, 5.41) is 5.24. The standard InChI is InChI=1S/C18H18N4O2S/c1-10(2)15-13(16(23)19-3)8-12(17(24)22-15)14-9-25-18(21-14)11-4-6-20-7-5-11/h4-10H,1-3H3,(H,19,23)(H,22,24). The molecule has 0 radical (unpaired) electrons. The molecular formula is C18H18N4O2S. The molecule has 0 aromatic carbocycles. The van der Waals surface area contributed by atoms with Gasteiger partial charge in [0.1, 0.15) is 5.01 Å². The molecular weight excluding hydrogens is 336 g/mol. The van der Waals surface area contributed by atoms with Crippen molar-refractivity contribution in [3.8, 4) is 21.8 Å². The molecule has 0 bridgehead atoms. The van der Waals surface area contributed by atoms with Crippen LogP contribution < -0.4 is 10.9 Å². The molecule has 25 heavy (non-hydrogen) atoms. The maximum atomic E-state index is 12.5. The monoisotopic (exact) mass is 354 g/mol. The fraction of sp³-hybridized carbons (Fsp3) is 0.222. The fourth-order valence-corrected chi connectivity index (χ4v) is 3.36. The van der Waals surface area contributed by atoms with Crippen molar-refractivity contribution in [1.29, 1.82) is 0 Å². The van der Waals surface area contributed by atoms with E-state index in [9.17, 15) is 9.59 Å². The van der Waals surface area contributed by atoms with Gasteiger partial charge in [-0.05, 0) is 24.1 Å². The van der Waals surface area contributed by atoms with Crippen LogP contribution in [0.15, 0.2) is 40.8 Å². The van der Waals surface area contributed by atoms with Gasteiger partial charge in [-0.1, -0.05) is 13.8 Å². The van der Waals surface area contributed by atoms with E-state index < -0.39 is 0 Å². The molecule has 0 aliphatic heterocycles. The van der Waals surface area contributed by atoms with Crippen LogP contribution in [0, 0.1) is 0 Å². The number of hydrogen-bond acceptors (Lipinski definition) is 5. The second kappa shape index (κ2) is 6.98. The minimum atomic E-state index is -0.247. The summed E-state index contributed by atoms with van der Waals surface area (Å²) in [6.45, 7) is 3.86. The number of carbonyl (C=O) groups excluding carboxylic acids is 1. The predicted octanol–water partition coefficient (Wildman–Crippen LogP) is 3.04. The van der Waals surface area contributed by atoms with Crippen molar-refractivity contribution in [2.45, 2.75) is 19.8 Å². The number of thiazole rings is 1.